The number of allylic oxidation sites excluding steroid dienone is 1. The van der Waals surface area contributed by atoms with Crippen LogP contribution in [0, 0.1) is 0 Å². The molecule has 154 valence electrons. The van der Waals surface area contributed by atoms with Crippen LogP contribution in [0.15, 0.2) is 46.8 Å². The van der Waals surface area contributed by atoms with E-state index < -0.39 is 0 Å². The summed E-state index contributed by atoms with van der Waals surface area (Å²) in [5, 5.41) is 14.5. The number of aromatic nitrogens is 2. The van der Waals surface area contributed by atoms with Gasteiger partial charge in [-0.15, -0.1) is 0 Å². The standard InChI is InChI=1S/C24H26N4O2/c1-13-22-21(30-14(2)27-22)10-17(23(13)29)20-12-25-19-9-15(3-4-18(19)28-20)16-5-8-26-24(11-16)6-7-24/h3-4,9-10,12,16,21-22,26,29H,5-8,11H2,1-2H3. The molecular weight excluding hydrogens is 376 g/mol. The van der Waals surface area contributed by atoms with E-state index in [1.54, 1.807) is 6.20 Å². The summed E-state index contributed by atoms with van der Waals surface area (Å²) in [7, 11) is 0. The van der Waals surface area contributed by atoms with Crippen LogP contribution in [-0.2, 0) is 4.74 Å². The van der Waals surface area contributed by atoms with Gasteiger partial charge in [-0.1, -0.05) is 6.07 Å². The smallest absolute Gasteiger partial charge is 0.181 e. The van der Waals surface area contributed by atoms with Gasteiger partial charge in [0, 0.05) is 18.0 Å². The number of ether oxygens (including phenoxy) is 1. The Hall–Kier alpha value is -2.73. The first kappa shape index (κ1) is 18.1. The van der Waals surface area contributed by atoms with Gasteiger partial charge in [-0.3, -0.25) is 4.98 Å². The molecular formula is C24H26N4O2. The lowest BCUT2D eigenvalue weighted by Crippen LogP contribution is -2.39. The first-order chi connectivity index (χ1) is 14.5. The van der Waals surface area contributed by atoms with Crippen molar-refractivity contribution in [1.82, 2.24) is 15.3 Å². The van der Waals surface area contributed by atoms with E-state index in [1.807, 2.05) is 19.9 Å². The molecule has 2 aliphatic carbocycles. The molecule has 1 saturated heterocycles. The molecule has 1 aromatic heterocycles. The molecule has 1 saturated carbocycles. The summed E-state index contributed by atoms with van der Waals surface area (Å²) in [6.07, 6.45) is 8.50. The van der Waals surface area contributed by atoms with Gasteiger partial charge in [-0.05, 0) is 74.4 Å². The monoisotopic (exact) mass is 402 g/mol. The number of nitrogens with one attached hydrogen (secondary N) is 1. The molecule has 1 spiro atoms. The average Bonchev–Trinajstić information content (AvgIpc) is 3.38. The van der Waals surface area contributed by atoms with Gasteiger partial charge < -0.3 is 15.2 Å². The van der Waals surface area contributed by atoms with Crippen molar-refractivity contribution in [2.45, 2.75) is 63.1 Å². The number of benzene rings is 1. The molecule has 6 nitrogen and oxygen atoms in total. The Bertz CT molecular complexity index is 1150. The lowest BCUT2D eigenvalue weighted by Gasteiger charge is -2.30. The third kappa shape index (κ3) is 2.85. The summed E-state index contributed by atoms with van der Waals surface area (Å²) in [4.78, 5) is 14.0. The van der Waals surface area contributed by atoms with Crippen LogP contribution in [-0.4, -0.2) is 45.2 Å². The Kier molecular flexibility index (Phi) is 3.84. The van der Waals surface area contributed by atoms with Crippen molar-refractivity contribution >= 4 is 22.5 Å². The summed E-state index contributed by atoms with van der Waals surface area (Å²) in [6.45, 7) is 4.84. The second-order valence-electron chi connectivity index (χ2n) is 9.19. The normalized spacial score (nSPS) is 29.5. The lowest BCUT2D eigenvalue weighted by molar-refractivity contribution is 0.244. The van der Waals surface area contributed by atoms with Gasteiger partial charge in [-0.2, -0.15) is 0 Å². The fourth-order valence-electron chi connectivity index (χ4n) is 5.22. The fraction of sp³-hybridized carbons (Fsp3) is 0.458. The van der Waals surface area contributed by atoms with Crippen molar-refractivity contribution in [3.8, 4) is 0 Å². The molecule has 3 unspecified atom stereocenters. The number of nitrogens with zero attached hydrogens (tertiary/aromatic N) is 3. The molecule has 3 heterocycles. The Labute approximate surface area is 175 Å². The molecule has 4 aliphatic rings. The quantitative estimate of drug-likeness (QED) is 0.792. The molecule has 0 bridgehead atoms. The maximum absolute atomic E-state index is 10.8. The predicted octanol–water partition coefficient (Wildman–Crippen LogP) is 4.04. The zero-order valence-corrected chi connectivity index (χ0v) is 17.4. The molecule has 1 aromatic carbocycles. The van der Waals surface area contributed by atoms with Gasteiger partial charge >= 0.3 is 0 Å². The fourth-order valence-corrected chi connectivity index (χ4v) is 5.22. The van der Waals surface area contributed by atoms with Crippen molar-refractivity contribution < 1.29 is 9.84 Å². The van der Waals surface area contributed by atoms with Crippen LogP contribution in [0.3, 0.4) is 0 Å². The van der Waals surface area contributed by atoms with Crippen LogP contribution in [0.4, 0.5) is 0 Å². The van der Waals surface area contributed by atoms with E-state index in [2.05, 4.69) is 28.5 Å². The minimum absolute atomic E-state index is 0.149. The van der Waals surface area contributed by atoms with E-state index in [4.69, 9.17) is 14.7 Å². The van der Waals surface area contributed by atoms with Crippen molar-refractivity contribution in [3.63, 3.8) is 0 Å². The summed E-state index contributed by atoms with van der Waals surface area (Å²) in [5.41, 5.74) is 5.67. The van der Waals surface area contributed by atoms with Crippen molar-refractivity contribution in [2.24, 2.45) is 4.99 Å². The highest BCUT2D eigenvalue weighted by atomic mass is 16.5. The van der Waals surface area contributed by atoms with Gasteiger partial charge in [0.2, 0.25) is 0 Å². The van der Waals surface area contributed by atoms with Crippen molar-refractivity contribution in [1.29, 1.82) is 0 Å². The van der Waals surface area contributed by atoms with Gasteiger partial charge in [0.1, 0.15) is 17.9 Å². The molecule has 0 amide bonds. The van der Waals surface area contributed by atoms with Gasteiger partial charge in [0.05, 0.1) is 22.9 Å². The van der Waals surface area contributed by atoms with E-state index >= 15 is 0 Å². The highest BCUT2D eigenvalue weighted by Crippen LogP contribution is 2.47. The van der Waals surface area contributed by atoms with Crippen LogP contribution in [0.25, 0.3) is 16.6 Å². The van der Waals surface area contributed by atoms with Gasteiger partial charge in [0.25, 0.3) is 0 Å². The maximum atomic E-state index is 10.8. The Morgan fingerprint density at radius 2 is 2.07 bits per heavy atom. The number of piperidine rings is 1. The highest BCUT2D eigenvalue weighted by Gasteiger charge is 2.46. The van der Waals surface area contributed by atoms with Crippen molar-refractivity contribution in [2.75, 3.05) is 6.54 Å². The first-order valence-corrected chi connectivity index (χ1v) is 10.9. The van der Waals surface area contributed by atoms with Crippen LogP contribution >= 0.6 is 0 Å². The molecule has 2 fully saturated rings. The Morgan fingerprint density at radius 1 is 1.20 bits per heavy atom. The third-order valence-corrected chi connectivity index (χ3v) is 7.14. The van der Waals surface area contributed by atoms with Crippen LogP contribution in [0.1, 0.15) is 56.7 Å². The number of aliphatic imine (C=N–C) groups is 1. The SMILES string of the molecule is CC1=NC2C(C)=C(O)C(c3cnc4cc(C5CCNC6(CC6)C5)ccc4n3)=CC2O1. The molecule has 30 heavy (non-hydrogen) atoms. The van der Waals surface area contributed by atoms with Crippen LogP contribution < -0.4 is 5.32 Å². The predicted molar refractivity (Wildman–Crippen MR) is 117 cm³/mol. The van der Waals surface area contributed by atoms with E-state index in [9.17, 15) is 5.11 Å². The van der Waals surface area contributed by atoms with E-state index in [-0.39, 0.29) is 17.9 Å². The number of rotatable bonds is 2. The summed E-state index contributed by atoms with van der Waals surface area (Å²) < 4.78 is 5.80. The molecule has 2 N–H and O–H groups in total. The molecule has 2 aromatic rings. The summed E-state index contributed by atoms with van der Waals surface area (Å²) in [5.74, 6) is 1.47. The Balaban J connectivity index is 1.32. The molecule has 6 rings (SSSR count). The summed E-state index contributed by atoms with van der Waals surface area (Å²) in [6, 6.07) is 6.32. The van der Waals surface area contributed by atoms with Gasteiger partial charge in [-0.25, -0.2) is 9.98 Å². The number of aliphatic hydroxyl groups is 1. The second kappa shape index (κ2) is 6.38. The molecule has 3 atom stereocenters. The van der Waals surface area contributed by atoms with E-state index in [0.29, 0.717) is 28.6 Å². The second-order valence-corrected chi connectivity index (χ2v) is 9.19. The van der Waals surface area contributed by atoms with Crippen LogP contribution in [0.5, 0.6) is 0 Å². The zero-order chi connectivity index (χ0) is 20.5. The molecule has 6 heteroatoms. The number of aliphatic hydroxyl groups excluding tert-OH is 1. The minimum Gasteiger partial charge on any atom is -0.507 e. The highest BCUT2D eigenvalue weighted by molar-refractivity contribution is 5.84. The van der Waals surface area contributed by atoms with E-state index in [0.717, 1.165) is 23.2 Å². The molecule has 0 radical (unpaired) electrons. The summed E-state index contributed by atoms with van der Waals surface area (Å²) >= 11 is 0. The minimum atomic E-state index is -0.189. The number of hydrogen-bond donors (Lipinski definition) is 2. The largest absolute Gasteiger partial charge is 0.507 e. The number of fused-ring (bicyclic) bond motifs is 2. The Morgan fingerprint density at radius 3 is 2.90 bits per heavy atom. The third-order valence-electron chi connectivity index (χ3n) is 7.14. The zero-order valence-electron chi connectivity index (χ0n) is 17.4. The van der Waals surface area contributed by atoms with Crippen LogP contribution in [0.2, 0.25) is 0 Å². The lowest BCUT2D eigenvalue weighted by atomic mass is 9.85. The van der Waals surface area contributed by atoms with Gasteiger partial charge in [0.15, 0.2) is 5.90 Å². The van der Waals surface area contributed by atoms with E-state index in [1.165, 1.54) is 31.2 Å². The van der Waals surface area contributed by atoms with Crippen molar-refractivity contribution in [3.05, 3.63) is 53.1 Å². The molecule has 2 aliphatic heterocycles. The number of hydrogen-bond acceptors (Lipinski definition) is 6. The first-order valence-electron chi connectivity index (χ1n) is 10.9. The maximum Gasteiger partial charge on any atom is 0.181 e. The topological polar surface area (TPSA) is 79.6 Å². The average molecular weight is 402 g/mol.